The molecule has 3 N–H and O–H groups in total. The van der Waals surface area contributed by atoms with Gasteiger partial charge in [0.25, 0.3) is 0 Å². The Morgan fingerprint density at radius 1 is 0.412 bits per heavy atom. The topological polar surface area (TPSA) is 365 Å². The van der Waals surface area contributed by atoms with Crippen LogP contribution in [-0.2, 0) is 81.5 Å². The van der Waals surface area contributed by atoms with Crippen molar-refractivity contribution in [2.24, 2.45) is 17.8 Å². The summed E-state index contributed by atoms with van der Waals surface area (Å²) in [5, 5.41) is 7.94. The standard InChI is InChI=1S/C37H62N8O9.C28H49N7O8/c1-11-30(47)41(8)20-32(49)43(10)22-33(50)42(9)21-31(48)40(7)19-29(46)38-25(6)35(52)39-26(18-23(2)3)36(53)45-17-13-15-28(45)37(54)44-16-12-14-27(44)34(51)24(4)5;1-20(2)21(36)11-10-12-22(37)29-14-13-23(38)31(5)16-25(40)33(7)18-27(42)35(9)19-28(43)34(8)17-26(41)32(6)15-24(39)30(3)4/h23-28H,11-22H2,1-10H3,(H,38,46)(H,39,52);20H,10-19H2,1-9H3,(H,29,37)/t25-,26-,27-,28-;/m1./s1. The Morgan fingerprint density at radius 2 is 0.794 bits per heavy atom. The average molecular weight is 1370 g/mol. The Balaban J connectivity index is 0.000000998. The van der Waals surface area contributed by atoms with Crippen LogP contribution in [0.15, 0.2) is 0 Å². The summed E-state index contributed by atoms with van der Waals surface area (Å²) in [5.41, 5.74) is 0. The zero-order chi connectivity index (χ0) is 74.5. The van der Waals surface area contributed by atoms with Gasteiger partial charge in [0.15, 0.2) is 5.78 Å². The summed E-state index contributed by atoms with van der Waals surface area (Å²) in [6, 6.07) is -3.25. The highest BCUT2D eigenvalue weighted by Crippen LogP contribution is 2.28. The van der Waals surface area contributed by atoms with Gasteiger partial charge in [-0.25, -0.2) is 0 Å². The van der Waals surface area contributed by atoms with Crippen molar-refractivity contribution in [1.82, 2.24) is 74.7 Å². The van der Waals surface area contributed by atoms with E-state index in [0.717, 1.165) is 35.8 Å². The van der Waals surface area contributed by atoms with Gasteiger partial charge in [-0.15, -0.1) is 0 Å². The molecule has 0 aliphatic carbocycles. The molecule has 0 unspecified atom stereocenters. The normalized spacial score (nSPS) is 14.6. The minimum atomic E-state index is -1.07. The molecule has 0 saturated carbocycles. The number of amides is 15. The zero-order valence-electron chi connectivity index (χ0n) is 60.9. The molecule has 2 fully saturated rings. The van der Waals surface area contributed by atoms with Crippen LogP contribution in [0.3, 0.4) is 0 Å². The summed E-state index contributed by atoms with van der Waals surface area (Å²) in [6.07, 6.45) is 3.86. The quantitative estimate of drug-likeness (QED) is 0.0596. The summed E-state index contributed by atoms with van der Waals surface area (Å²) >= 11 is 0. The molecule has 0 spiro atoms. The van der Waals surface area contributed by atoms with E-state index >= 15 is 0 Å². The molecule has 0 radical (unpaired) electrons. The Labute approximate surface area is 572 Å². The lowest BCUT2D eigenvalue weighted by Crippen LogP contribution is -2.57. The SMILES string of the molecule is CC(C)C(=O)CCCC(=O)NCCC(=O)N(C)CC(=O)N(C)CC(=O)N(C)CC(=O)N(C)CC(=O)N(C)CC(=O)N(C)C.CCC(=O)N(C)CC(=O)N(C)CC(=O)N(C)CC(=O)N(C)CC(=O)N[C@H](C)C(=O)N[C@H](CC(C)C)C(=O)N1CCC[C@@H]1C(=O)N1CCC[C@@H]1C(=O)C(C)C. The zero-order valence-corrected chi connectivity index (χ0v) is 60.9. The molecule has 0 aromatic heterocycles. The van der Waals surface area contributed by atoms with Crippen molar-refractivity contribution in [3.05, 3.63) is 0 Å². The molecule has 548 valence electrons. The Hall–Kier alpha value is -8.61. The number of nitrogens with zero attached hydrogens (tertiary/aromatic N) is 12. The van der Waals surface area contributed by atoms with E-state index in [1.54, 1.807) is 39.8 Å². The van der Waals surface area contributed by atoms with E-state index in [4.69, 9.17) is 0 Å². The number of hydrogen-bond acceptors (Lipinski definition) is 17. The van der Waals surface area contributed by atoms with Gasteiger partial charge in [-0.05, 0) is 51.4 Å². The summed E-state index contributed by atoms with van der Waals surface area (Å²) in [6.45, 7) is 12.4. The molecule has 2 aliphatic rings. The van der Waals surface area contributed by atoms with Crippen molar-refractivity contribution in [1.29, 1.82) is 0 Å². The number of carbonyl (C=O) groups is 17. The van der Waals surface area contributed by atoms with Crippen molar-refractivity contribution in [2.75, 3.05) is 156 Å². The highest BCUT2D eigenvalue weighted by Gasteiger charge is 2.44. The highest BCUT2D eigenvalue weighted by atomic mass is 16.2. The van der Waals surface area contributed by atoms with E-state index < -0.39 is 89.8 Å². The highest BCUT2D eigenvalue weighted by molar-refractivity contribution is 5.98. The van der Waals surface area contributed by atoms with Crippen LogP contribution in [0.25, 0.3) is 0 Å². The van der Waals surface area contributed by atoms with Crippen molar-refractivity contribution >= 4 is 100 Å². The van der Waals surface area contributed by atoms with Crippen LogP contribution in [0.2, 0.25) is 0 Å². The smallest absolute Gasteiger partial charge is 0.245 e. The van der Waals surface area contributed by atoms with Gasteiger partial charge in [0.1, 0.15) is 23.9 Å². The summed E-state index contributed by atoms with van der Waals surface area (Å²) in [7, 11) is 15.9. The van der Waals surface area contributed by atoms with Crippen molar-refractivity contribution in [3.63, 3.8) is 0 Å². The number of Topliss-reactive ketones (excluding diaryl/α,β-unsaturated/α-hetero) is 2. The second-order valence-corrected chi connectivity index (χ2v) is 26.4. The average Bonchev–Trinajstić information content (AvgIpc) is 1.68. The first-order valence-corrected chi connectivity index (χ1v) is 33.0. The molecular formula is C65H111N15O17. The molecule has 15 amide bonds. The third-order valence-electron chi connectivity index (χ3n) is 16.5. The van der Waals surface area contributed by atoms with Crippen LogP contribution in [-0.4, -0.2) is 339 Å². The number of carbonyl (C=O) groups excluding carboxylic acids is 17. The predicted molar refractivity (Wildman–Crippen MR) is 357 cm³/mol. The number of likely N-dealkylation sites (tertiary alicyclic amines) is 2. The van der Waals surface area contributed by atoms with Gasteiger partial charge in [0, 0.05) is 135 Å². The van der Waals surface area contributed by atoms with Crippen LogP contribution >= 0.6 is 0 Å². The molecule has 0 aromatic rings. The first kappa shape index (κ1) is 86.4. The Morgan fingerprint density at radius 3 is 1.19 bits per heavy atom. The van der Waals surface area contributed by atoms with Crippen LogP contribution in [0.5, 0.6) is 0 Å². The van der Waals surface area contributed by atoms with E-state index in [2.05, 4.69) is 16.0 Å². The van der Waals surface area contributed by atoms with E-state index in [9.17, 15) is 81.5 Å². The lowest BCUT2D eigenvalue weighted by atomic mass is 9.99. The molecule has 32 nitrogen and oxygen atoms in total. The van der Waals surface area contributed by atoms with Crippen LogP contribution in [0.1, 0.15) is 120 Å². The van der Waals surface area contributed by atoms with E-state index in [1.807, 2.05) is 27.7 Å². The summed E-state index contributed by atoms with van der Waals surface area (Å²) in [5.74, 6) is -6.69. The Bertz CT molecular complexity index is 2810. The van der Waals surface area contributed by atoms with Gasteiger partial charge in [0.2, 0.25) is 88.6 Å². The molecule has 0 bridgehead atoms. The number of likely N-dealkylation sites (N-methyl/N-ethyl adjacent to an activating group) is 10. The number of hydrogen-bond donors (Lipinski definition) is 3. The fourth-order valence-electron chi connectivity index (χ4n) is 9.92. The number of nitrogens with one attached hydrogen (secondary N) is 3. The first-order valence-electron chi connectivity index (χ1n) is 33.0. The van der Waals surface area contributed by atoms with Gasteiger partial charge in [-0.1, -0.05) is 48.5 Å². The molecular weight excluding hydrogens is 1260 g/mol. The molecule has 32 heteroatoms. The lowest BCUT2D eigenvalue weighted by Gasteiger charge is -2.34. The minimum Gasteiger partial charge on any atom is -0.356 e. The van der Waals surface area contributed by atoms with Gasteiger partial charge in [-0.3, -0.25) is 81.5 Å². The van der Waals surface area contributed by atoms with Crippen LogP contribution in [0, 0.1) is 17.8 Å². The second kappa shape index (κ2) is 42.2. The number of rotatable bonds is 36. The van der Waals surface area contributed by atoms with Gasteiger partial charge >= 0.3 is 0 Å². The number of ketones is 2. The monoisotopic (exact) mass is 1370 g/mol. The molecule has 2 aliphatic heterocycles. The van der Waals surface area contributed by atoms with Crippen molar-refractivity contribution in [3.8, 4) is 0 Å². The Kier molecular flexibility index (Phi) is 37.5. The molecule has 4 atom stereocenters. The molecule has 2 heterocycles. The largest absolute Gasteiger partial charge is 0.356 e. The van der Waals surface area contributed by atoms with Crippen LogP contribution < -0.4 is 16.0 Å². The van der Waals surface area contributed by atoms with E-state index in [1.165, 1.54) is 94.9 Å². The maximum Gasteiger partial charge on any atom is 0.245 e. The van der Waals surface area contributed by atoms with Gasteiger partial charge in [0.05, 0.1) is 64.9 Å². The molecule has 2 rings (SSSR count). The summed E-state index contributed by atoms with van der Waals surface area (Å²) < 4.78 is 0. The first-order chi connectivity index (χ1) is 45.1. The molecule has 0 aromatic carbocycles. The van der Waals surface area contributed by atoms with Crippen molar-refractivity contribution in [2.45, 2.75) is 144 Å². The lowest BCUT2D eigenvalue weighted by molar-refractivity contribution is -0.148. The van der Waals surface area contributed by atoms with Crippen molar-refractivity contribution < 1.29 is 81.5 Å². The minimum absolute atomic E-state index is 0.0101. The summed E-state index contributed by atoms with van der Waals surface area (Å²) in [4.78, 5) is 229. The predicted octanol–water partition coefficient (Wildman–Crippen LogP) is -2.26. The van der Waals surface area contributed by atoms with E-state index in [0.29, 0.717) is 51.6 Å². The fraction of sp³-hybridized carbons (Fsp3) is 0.738. The molecule has 2 saturated heterocycles. The van der Waals surface area contributed by atoms with E-state index in [-0.39, 0.29) is 137 Å². The van der Waals surface area contributed by atoms with Crippen LogP contribution in [0.4, 0.5) is 0 Å². The third kappa shape index (κ3) is 30.1. The maximum atomic E-state index is 13.9. The second-order valence-electron chi connectivity index (χ2n) is 26.4. The fourth-order valence-corrected chi connectivity index (χ4v) is 9.92. The maximum absolute atomic E-state index is 13.9. The molecule has 97 heavy (non-hydrogen) atoms. The van der Waals surface area contributed by atoms with Gasteiger partial charge in [-0.2, -0.15) is 0 Å². The van der Waals surface area contributed by atoms with Gasteiger partial charge < -0.3 is 74.7 Å². The third-order valence-corrected chi connectivity index (χ3v) is 16.5.